The van der Waals surface area contributed by atoms with E-state index in [-0.39, 0.29) is 16.5 Å². The van der Waals surface area contributed by atoms with E-state index in [4.69, 9.17) is 23.1 Å². The van der Waals surface area contributed by atoms with E-state index in [9.17, 15) is 0 Å². The predicted octanol–water partition coefficient (Wildman–Crippen LogP) is 10.8. The van der Waals surface area contributed by atoms with Crippen molar-refractivity contribution in [3.05, 3.63) is 82.6 Å². The van der Waals surface area contributed by atoms with Crippen molar-refractivity contribution in [3.8, 4) is 17.2 Å². The summed E-state index contributed by atoms with van der Waals surface area (Å²) in [4.78, 5) is 2.48. The molecule has 6 nitrogen and oxygen atoms in total. The van der Waals surface area contributed by atoms with Crippen molar-refractivity contribution in [1.29, 1.82) is 0 Å². The average Bonchev–Trinajstić information content (AvgIpc) is 3.03. The largest absolute Gasteiger partial charge is 0.543 e. The number of hydrogen-bond donors (Lipinski definition) is 0. The third-order valence-corrected chi connectivity index (χ3v) is 20.5. The fraction of sp³-hybridized carbons (Fsp3) is 0.561. The van der Waals surface area contributed by atoms with Gasteiger partial charge in [0.15, 0.2) is 8.32 Å². The molecule has 4 aliphatic rings. The smallest absolute Gasteiger partial charge is 0.250 e. The normalized spacial score (nSPS) is 23.1. The van der Waals surface area contributed by atoms with E-state index < -0.39 is 28.6 Å². The summed E-state index contributed by atoms with van der Waals surface area (Å²) in [7, 11) is -4.47. The van der Waals surface area contributed by atoms with Gasteiger partial charge in [-0.05, 0) is 104 Å². The van der Waals surface area contributed by atoms with E-state index in [1.807, 2.05) is 24.3 Å². The fourth-order valence-corrected chi connectivity index (χ4v) is 8.93. The predicted molar refractivity (Wildman–Crippen MR) is 206 cm³/mol. The van der Waals surface area contributed by atoms with Crippen LogP contribution in [0.25, 0.3) is 5.57 Å². The van der Waals surface area contributed by atoms with Gasteiger partial charge in [0.2, 0.25) is 14.2 Å². The monoisotopic (exact) mass is 719 g/mol. The van der Waals surface area contributed by atoms with Gasteiger partial charge in [0.05, 0.1) is 6.42 Å². The quantitative estimate of drug-likeness (QED) is 0.241. The van der Waals surface area contributed by atoms with Gasteiger partial charge in [0, 0.05) is 34.9 Å². The second-order valence-corrected chi connectivity index (χ2v) is 27.0. The molecule has 1 saturated heterocycles. The molecule has 2 unspecified atom stereocenters. The molecule has 50 heavy (non-hydrogen) atoms. The molecule has 1 fully saturated rings. The summed E-state index contributed by atoms with van der Waals surface area (Å²) < 4.78 is 49.2. The van der Waals surface area contributed by atoms with Gasteiger partial charge in [-0.1, -0.05) is 60.1 Å². The van der Waals surface area contributed by atoms with Crippen LogP contribution in [0.5, 0.6) is 17.2 Å². The molecule has 0 saturated carbocycles. The highest BCUT2D eigenvalue weighted by atomic mass is 28.4. The van der Waals surface area contributed by atoms with Crippen LogP contribution >= 0.6 is 0 Å². The first-order valence-corrected chi connectivity index (χ1v) is 24.3. The van der Waals surface area contributed by atoms with Crippen molar-refractivity contribution in [2.24, 2.45) is 0 Å². The number of benzene rings is 2. The van der Waals surface area contributed by atoms with Crippen molar-refractivity contribution in [1.82, 2.24) is 4.90 Å². The van der Waals surface area contributed by atoms with Crippen molar-refractivity contribution in [3.63, 3.8) is 0 Å². The molecule has 2 aromatic carbocycles. The molecule has 9 heteroatoms. The summed E-state index contributed by atoms with van der Waals surface area (Å²) in [5, 5.41) is -0.0623. The van der Waals surface area contributed by atoms with Crippen LogP contribution < -0.4 is 13.9 Å². The zero-order chi connectivity index (χ0) is 36.1. The van der Waals surface area contributed by atoms with Crippen LogP contribution in [-0.2, 0) is 9.16 Å². The molecular weight excluding hydrogens is 662 g/mol. The minimum atomic E-state index is -2.41. The summed E-state index contributed by atoms with van der Waals surface area (Å²) >= 11 is 0. The third kappa shape index (κ3) is 7.66. The van der Waals surface area contributed by atoms with Crippen LogP contribution in [0.15, 0.2) is 71.5 Å². The van der Waals surface area contributed by atoms with Crippen molar-refractivity contribution in [2.75, 3.05) is 32.8 Å². The third-order valence-electron chi connectivity index (χ3n) is 11.7. The number of fused-ring (bicyclic) bond motifs is 3. The Labute approximate surface area is 301 Å². The Balaban J connectivity index is 1.31. The number of piperidine rings is 1. The molecule has 0 bridgehead atoms. The van der Waals surface area contributed by atoms with Gasteiger partial charge >= 0.3 is 0 Å². The Hall–Kier alpha value is -2.86. The molecule has 272 valence electrons. The van der Waals surface area contributed by atoms with Gasteiger partial charge in [-0.25, -0.2) is 4.39 Å². The van der Waals surface area contributed by atoms with Gasteiger partial charge in [0.25, 0.3) is 0 Å². The lowest BCUT2D eigenvalue weighted by Gasteiger charge is -2.44. The van der Waals surface area contributed by atoms with Gasteiger partial charge in [-0.2, -0.15) is 0 Å². The highest BCUT2D eigenvalue weighted by Gasteiger charge is 2.48. The summed E-state index contributed by atoms with van der Waals surface area (Å²) in [5.41, 5.74) is 4.90. The molecule has 2 atom stereocenters. The minimum absolute atomic E-state index is 0.0163. The van der Waals surface area contributed by atoms with Crippen LogP contribution in [0, 0.1) is 0 Å². The molecule has 0 N–H and O–H groups in total. The Bertz CT molecular complexity index is 1660. The number of nitrogens with zero attached hydrogens (tertiary/aromatic N) is 1. The lowest BCUT2D eigenvalue weighted by Crippen LogP contribution is -2.48. The van der Waals surface area contributed by atoms with E-state index in [1.54, 1.807) is 6.08 Å². The van der Waals surface area contributed by atoms with Crippen molar-refractivity contribution in [2.45, 2.75) is 115 Å². The molecule has 3 heterocycles. The van der Waals surface area contributed by atoms with Gasteiger partial charge in [0.1, 0.15) is 42.3 Å². The molecule has 1 aliphatic carbocycles. The second kappa shape index (κ2) is 13.6. The average molecular weight is 720 g/mol. The van der Waals surface area contributed by atoms with E-state index in [1.165, 1.54) is 19.3 Å². The van der Waals surface area contributed by atoms with Crippen LogP contribution in [0.1, 0.15) is 84.5 Å². The first-order chi connectivity index (χ1) is 23.4. The molecule has 0 amide bonds. The standard InChI is InChI=1S/C41H58FNO5Si2/c1-39(2,3)49(7,8)47-31-18-19-33-35(26-31)45-28-34-32-20-21-41(42,48-50(9,10)40(4,5)6)27-36(32)46-38(37(33)34)29-14-16-30(17-15-29)44-25-24-43-22-12-11-13-23-43/h14-21,26,38H,11-13,22-25,27-28H2,1-10H3. The highest BCUT2D eigenvalue weighted by molar-refractivity contribution is 6.75. The molecule has 0 radical (unpaired) electrons. The molecule has 2 aromatic rings. The number of halogens is 1. The molecular formula is C41H58FNO5Si2. The van der Waals surface area contributed by atoms with E-state index in [0.717, 1.165) is 64.7 Å². The summed E-state index contributed by atoms with van der Waals surface area (Å²) in [6, 6.07) is 14.4. The Morgan fingerprint density at radius 2 is 1.54 bits per heavy atom. The minimum Gasteiger partial charge on any atom is -0.543 e. The number of likely N-dealkylation sites (tertiary alicyclic amines) is 1. The lowest BCUT2D eigenvalue weighted by molar-refractivity contribution is -0.0437. The lowest BCUT2D eigenvalue weighted by atomic mass is 9.81. The number of ether oxygens (including phenoxy) is 3. The Kier molecular flexibility index (Phi) is 10.0. The van der Waals surface area contributed by atoms with Gasteiger partial charge in [-0.15, -0.1) is 0 Å². The second-order valence-electron chi connectivity index (χ2n) is 17.5. The van der Waals surface area contributed by atoms with E-state index >= 15 is 4.39 Å². The van der Waals surface area contributed by atoms with Crippen LogP contribution in [0.2, 0.25) is 36.3 Å². The summed E-state index contributed by atoms with van der Waals surface area (Å²) in [6.45, 7) is 26.1. The maximum atomic E-state index is 16.7. The van der Waals surface area contributed by atoms with E-state index in [2.05, 4.69) is 96.9 Å². The first-order valence-electron chi connectivity index (χ1n) is 18.5. The van der Waals surface area contributed by atoms with Crippen LogP contribution in [-0.4, -0.2) is 60.2 Å². The van der Waals surface area contributed by atoms with Crippen LogP contribution in [0.3, 0.4) is 0 Å². The number of hydrogen-bond acceptors (Lipinski definition) is 6. The zero-order valence-corrected chi connectivity index (χ0v) is 34.0. The Morgan fingerprint density at radius 3 is 2.20 bits per heavy atom. The zero-order valence-electron chi connectivity index (χ0n) is 32.0. The maximum absolute atomic E-state index is 16.7. The van der Waals surface area contributed by atoms with Crippen molar-refractivity contribution >= 4 is 22.2 Å². The highest BCUT2D eigenvalue weighted by Crippen LogP contribution is 2.53. The molecule has 6 rings (SSSR count). The number of allylic oxidation sites excluding steroid dienone is 1. The SMILES string of the molecule is CC(C)(C)[Si](C)(C)Oc1ccc2c(c1)OCC1=C2C(c2ccc(OCCN3CCCCC3)cc2)OC2=C1C=CC(F)(O[Si](C)(C)C(C)(C)C)C2. The topological polar surface area (TPSA) is 49.4 Å². The van der Waals surface area contributed by atoms with Crippen LogP contribution in [0.4, 0.5) is 4.39 Å². The molecule has 0 aromatic heterocycles. The maximum Gasteiger partial charge on any atom is 0.250 e. The van der Waals surface area contributed by atoms with Crippen molar-refractivity contribution < 1.29 is 27.5 Å². The summed E-state index contributed by atoms with van der Waals surface area (Å²) in [6.07, 6.45) is 6.86. The first kappa shape index (κ1) is 36.9. The molecule has 0 spiro atoms. The molecule has 3 aliphatic heterocycles. The Morgan fingerprint density at radius 1 is 0.880 bits per heavy atom. The fourth-order valence-electron chi connectivity index (χ4n) is 6.61. The number of alkyl halides is 1. The summed E-state index contributed by atoms with van der Waals surface area (Å²) in [5.74, 6) is 1.09. The van der Waals surface area contributed by atoms with Gasteiger partial charge in [-0.3, -0.25) is 4.90 Å². The van der Waals surface area contributed by atoms with E-state index in [0.29, 0.717) is 19.0 Å². The number of rotatable bonds is 9. The van der Waals surface area contributed by atoms with Gasteiger partial charge < -0.3 is 23.1 Å².